The van der Waals surface area contributed by atoms with Gasteiger partial charge in [0.15, 0.2) is 0 Å². The van der Waals surface area contributed by atoms with Crippen molar-refractivity contribution in [2.75, 3.05) is 33.3 Å². The van der Waals surface area contributed by atoms with Gasteiger partial charge in [-0.15, -0.1) is 0 Å². The van der Waals surface area contributed by atoms with Gasteiger partial charge in [0.1, 0.15) is 5.75 Å². The van der Waals surface area contributed by atoms with E-state index >= 15 is 0 Å². The van der Waals surface area contributed by atoms with Crippen LogP contribution in [-0.4, -0.2) is 44.1 Å². The molecule has 21 heavy (non-hydrogen) atoms. The summed E-state index contributed by atoms with van der Waals surface area (Å²) in [6, 6.07) is 8.06. The fourth-order valence-electron chi connectivity index (χ4n) is 2.69. The Morgan fingerprint density at radius 2 is 2.00 bits per heavy atom. The van der Waals surface area contributed by atoms with Gasteiger partial charge >= 0.3 is 0 Å². The number of carbonyl (C=O) groups is 1. The van der Waals surface area contributed by atoms with Crippen molar-refractivity contribution in [1.82, 2.24) is 10.2 Å². The van der Waals surface area contributed by atoms with Gasteiger partial charge in [-0.3, -0.25) is 4.79 Å². The lowest BCUT2D eigenvalue weighted by Gasteiger charge is -2.20. The maximum absolute atomic E-state index is 12.1. The predicted molar refractivity (Wildman–Crippen MR) is 84.6 cm³/mol. The van der Waals surface area contributed by atoms with Crippen LogP contribution in [0.4, 0.5) is 0 Å². The number of benzene rings is 1. The van der Waals surface area contributed by atoms with Gasteiger partial charge in [0, 0.05) is 13.1 Å². The van der Waals surface area contributed by atoms with Gasteiger partial charge in [0.25, 0.3) is 0 Å². The third-order valence-electron chi connectivity index (χ3n) is 3.96. The first-order valence-corrected chi connectivity index (χ1v) is 7.91. The van der Waals surface area contributed by atoms with E-state index in [0.29, 0.717) is 6.54 Å². The van der Waals surface area contributed by atoms with E-state index in [9.17, 15) is 4.79 Å². The van der Waals surface area contributed by atoms with Crippen LogP contribution in [0.25, 0.3) is 0 Å². The Kier molecular flexibility index (Phi) is 6.54. The van der Waals surface area contributed by atoms with Gasteiger partial charge in [-0.2, -0.15) is 0 Å². The molecule has 4 heteroatoms. The summed E-state index contributed by atoms with van der Waals surface area (Å²) in [6.45, 7) is 3.11. The van der Waals surface area contributed by atoms with E-state index in [2.05, 4.69) is 11.4 Å². The second-order valence-electron chi connectivity index (χ2n) is 5.57. The topological polar surface area (TPSA) is 41.6 Å². The zero-order chi connectivity index (χ0) is 14.9. The zero-order valence-corrected chi connectivity index (χ0v) is 12.9. The Morgan fingerprint density at radius 3 is 2.71 bits per heavy atom. The number of nitrogens with zero attached hydrogens (tertiary/aromatic N) is 1. The lowest BCUT2D eigenvalue weighted by atomic mass is 10.1. The number of likely N-dealkylation sites (tertiary alicyclic amines) is 1. The molecule has 1 aromatic rings. The monoisotopic (exact) mass is 290 g/mol. The van der Waals surface area contributed by atoms with E-state index in [1.54, 1.807) is 7.11 Å². The average molecular weight is 290 g/mol. The number of methoxy groups -OCH3 is 1. The molecular formula is C17H26N2O2. The molecule has 1 fully saturated rings. The van der Waals surface area contributed by atoms with E-state index in [1.807, 2.05) is 23.1 Å². The van der Waals surface area contributed by atoms with Gasteiger partial charge in [0.2, 0.25) is 5.91 Å². The molecule has 0 aromatic heterocycles. The van der Waals surface area contributed by atoms with Crippen LogP contribution in [0.3, 0.4) is 0 Å². The summed E-state index contributed by atoms with van der Waals surface area (Å²) in [7, 11) is 1.68. The molecule has 0 bridgehead atoms. The number of ether oxygens (including phenoxy) is 1. The fraction of sp³-hybridized carbons (Fsp3) is 0.588. The molecule has 1 N–H and O–H groups in total. The SMILES string of the molecule is COc1cccc(CCNCC(=O)N2CCCCCC2)c1. The van der Waals surface area contributed by atoms with Gasteiger partial charge < -0.3 is 15.0 Å². The van der Waals surface area contributed by atoms with E-state index < -0.39 is 0 Å². The van der Waals surface area contributed by atoms with Crippen molar-refractivity contribution in [2.45, 2.75) is 32.1 Å². The highest BCUT2D eigenvalue weighted by atomic mass is 16.5. The lowest BCUT2D eigenvalue weighted by Crippen LogP contribution is -2.39. The normalized spacial score (nSPS) is 15.6. The fourth-order valence-corrected chi connectivity index (χ4v) is 2.69. The number of amides is 1. The molecule has 0 radical (unpaired) electrons. The highest BCUT2D eigenvalue weighted by molar-refractivity contribution is 5.78. The molecule has 4 nitrogen and oxygen atoms in total. The number of nitrogens with one attached hydrogen (secondary N) is 1. The third kappa shape index (κ3) is 5.38. The summed E-state index contributed by atoms with van der Waals surface area (Å²) in [6.07, 6.45) is 5.72. The molecule has 116 valence electrons. The van der Waals surface area contributed by atoms with Crippen LogP contribution in [0.1, 0.15) is 31.2 Å². The lowest BCUT2D eigenvalue weighted by molar-refractivity contribution is -0.130. The van der Waals surface area contributed by atoms with Crippen molar-refractivity contribution in [3.63, 3.8) is 0 Å². The van der Waals surface area contributed by atoms with Crippen LogP contribution in [0, 0.1) is 0 Å². The Hall–Kier alpha value is -1.55. The second kappa shape index (κ2) is 8.67. The van der Waals surface area contributed by atoms with Crippen LogP contribution in [0.2, 0.25) is 0 Å². The van der Waals surface area contributed by atoms with E-state index in [0.717, 1.165) is 44.6 Å². The van der Waals surface area contributed by atoms with Crippen LogP contribution in [0.15, 0.2) is 24.3 Å². The van der Waals surface area contributed by atoms with Gasteiger partial charge in [-0.25, -0.2) is 0 Å². The summed E-state index contributed by atoms with van der Waals surface area (Å²) in [5, 5.41) is 3.26. The Bertz CT molecular complexity index is 440. The highest BCUT2D eigenvalue weighted by Crippen LogP contribution is 2.12. The van der Waals surface area contributed by atoms with Crippen molar-refractivity contribution in [3.8, 4) is 5.75 Å². The molecule has 1 saturated heterocycles. The quantitative estimate of drug-likeness (QED) is 0.817. The first-order chi connectivity index (χ1) is 10.3. The number of carbonyl (C=O) groups excluding carboxylic acids is 1. The number of hydrogen-bond acceptors (Lipinski definition) is 3. The molecule has 1 aliphatic rings. The first kappa shape index (κ1) is 15.8. The Balaban J connectivity index is 1.67. The molecule has 2 rings (SSSR count). The second-order valence-corrected chi connectivity index (χ2v) is 5.57. The standard InChI is InChI=1S/C17H26N2O2/c1-21-16-8-6-7-15(13-16)9-10-18-14-17(20)19-11-4-2-3-5-12-19/h6-8,13,18H,2-5,9-12,14H2,1H3. The van der Waals surface area contributed by atoms with Gasteiger partial charge in [0.05, 0.1) is 13.7 Å². The largest absolute Gasteiger partial charge is 0.497 e. The predicted octanol–water partition coefficient (Wildman–Crippen LogP) is 2.23. The summed E-state index contributed by atoms with van der Waals surface area (Å²) in [5.41, 5.74) is 1.23. The third-order valence-corrected chi connectivity index (χ3v) is 3.96. The number of rotatable bonds is 6. The summed E-state index contributed by atoms with van der Waals surface area (Å²) < 4.78 is 5.21. The Labute approximate surface area is 127 Å². The van der Waals surface area contributed by atoms with E-state index in [1.165, 1.54) is 18.4 Å². The minimum Gasteiger partial charge on any atom is -0.497 e. The molecule has 1 aliphatic heterocycles. The van der Waals surface area contributed by atoms with Crippen molar-refractivity contribution >= 4 is 5.91 Å². The maximum Gasteiger partial charge on any atom is 0.236 e. The minimum absolute atomic E-state index is 0.238. The highest BCUT2D eigenvalue weighted by Gasteiger charge is 2.14. The summed E-state index contributed by atoms with van der Waals surface area (Å²) >= 11 is 0. The average Bonchev–Trinajstić information content (AvgIpc) is 2.81. The van der Waals surface area contributed by atoms with E-state index in [-0.39, 0.29) is 5.91 Å². The van der Waals surface area contributed by atoms with E-state index in [4.69, 9.17) is 4.74 Å². The molecule has 1 heterocycles. The van der Waals surface area contributed by atoms with Gasteiger partial charge in [-0.05, 0) is 43.5 Å². The molecule has 0 saturated carbocycles. The van der Waals surface area contributed by atoms with Crippen molar-refractivity contribution < 1.29 is 9.53 Å². The molecule has 1 aromatic carbocycles. The minimum atomic E-state index is 0.238. The molecule has 0 atom stereocenters. The first-order valence-electron chi connectivity index (χ1n) is 7.91. The molecule has 1 amide bonds. The van der Waals surface area contributed by atoms with Crippen LogP contribution >= 0.6 is 0 Å². The molecule has 0 spiro atoms. The molecule has 0 unspecified atom stereocenters. The number of hydrogen-bond donors (Lipinski definition) is 1. The summed E-state index contributed by atoms with van der Waals surface area (Å²) in [5.74, 6) is 1.12. The smallest absolute Gasteiger partial charge is 0.236 e. The van der Waals surface area contributed by atoms with Crippen LogP contribution < -0.4 is 10.1 Å². The van der Waals surface area contributed by atoms with Crippen LogP contribution in [-0.2, 0) is 11.2 Å². The summed E-state index contributed by atoms with van der Waals surface area (Å²) in [4.78, 5) is 14.1. The molecule has 0 aliphatic carbocycles. The Morgan fingerprint density at radius 1 is 1.24 bits per heavy atom. The zero-order valence-electron chi connectivity index (χ0n) is 12.9. The maximum atomic E-state index is 12.1. The van der Waals surface area contributed by atoms with Crippen molar-refractivity contribution in [1.29, 1.82) is 0 Å². The van der Waals surface area contributed by atoms with Crippen LogP contribution in [0.5, 0.6) is 5.75 Å². The molecular weight excluding hydrogens is 264 g/mol. The van der Waals surface area contributed by atoms with Gasteiger partial charge in [-0.1, -0.05) is 25.0 Å². The van der Waals surface area contributed by atoms with Crippen molar-refractivity contribution in [3.05, 3.63) is 29.8 Å². The van der Waals surface area contributed by atoms with Crippen molar-refractivity contribution in [2.24, 2.45) is 0 Å².